The third-order valence-corrected chi connectivity index (χ3v) is 22.9. The Bertz CT molecular complexity index is 2810. The van der Waals surface area contributed by atoms with Gasteiger partial charge in [-0.3, -0.25) is 0 Å². The van der Waals surface area contributed by atoms with Crippen LogP contribution in [0, 0.1) is 34.9 Å². The molecule has 332 valence electrons. The van der Waals surface area contributed by atoms with Gasteiger partial charge in [-0.2, -0.15) is 0 Å². The maximum atomic E-state index is 14.3. The number of hydrogen-bond donors (Lipinski definition) is 0. The van der Waals surface area contributed by atoms with Gasteiger partial charge in [0.05, 0.1) is 0 Å². The Balaban J connectivity index is 1.18. The Morgan fingerprint density at radius 2 is 0.328 bits per heavy atom. The van der Waals surface area contributed by atoms with Crippen molar-refractivity contribution in [1.29, 1.82) is 0 Å². The summed E-state index contributed by atoms with van der Waals surface area (Å²) in [7, 11) is 0. The summed E-state index contributed by atoms with van der Waals surface area (Å²) in [5.41, 5.74) is 2.36. The van der Waals surface area contributed by atoms with Gasteiger partial charge in [-0.05, 0) is 178 Å². The second-order valence-corrected chi connectivity index (χ2v) is 25.7. The van der Waals surface area contributed by atoms with Crippen LogP contribution in [-0.4, -0.2) is 18.9 Å². The summed E-state index contributed by atoms with van der Waals surface area (Å²) in [5, 5.41) is 7.58. The lowest BCUT2D eigenvalue weighted by molar-refractivity contribution is 0.628. The molecule has 67 heavy (non-hydrogen) atoms. The fourth-order valence-corrected chi connectivity index (χ4v) is 17.1. The Hall–Kier alpha value is -6.74. The Kier molecular flexibility index (Phi) is 12.5. The van der Waals surface area contributed by atoms with E-state index in [4.69, 9.17) is 18.9 Å². The van der Waals surface area contributed by atoms with Crippen LogP contribution in [0.25, 0.3) is 0 Å². The van der Waals surface area contributed by atoms with E-state index in [-0.39, 0.29) is 34.9 Å². The van der Waals surface area contributed by atoms with Crippen LogP contribution in [-0.2, 0) is 0 Å². The molecule has 9 aromatic carbocycles. The maximum Gasteiger partial charge on any atom is 0.123 e. The molecule has 0 fully saturated rings. The first-order chi connectivity index (χ1) is 32.3. The molecule has 0 aliphatic heterocycles. The molecular formula is C57H42F6NP3. The molecule has 0 aromatic heterocycles. The van der Waals surface area contributed by atoms with Gasteiger partial charge in [-0.15, -0.1) is 0 Å². The molecule has 1 nitrogen and oxygen atoms in total. The minimum Gasteiger partial charge on any atom is -0.311 e. The molecule has 0 spiro atoms. The molecule has 0 N–H and O–H groups in total. The van der Waals surface area contributed by atoms with Crippen LogP contribution in [0.3, 0.4) is 0 Å². The summed E-state index contributed by atoms with van der Waals surface area (Å²) in [5.74, 6) is -2.25. The van der Waals surface area contributed by atoms with Crippen LogP contribution in [0.5, 0.6) is 0 Å². The number of rotatable bonds is 12. The van der Waals surface area contributed by atoms with Crippen LogP contribution in [0.1, 0.15) is 0 Å². The molecule has 0 saturated carbocycles. The van der Waals surface area contributed by atoms with E-state index in [1.54, 1.807) is 72.8 Å². The number of halogens is 6. The molecule has 9 aromatic rings. The van der Waals surface area contributed by atoms with Gasteiger partial charge in [-0.25, -0.2) is 26.3 Å². The lowest BCUT2D eigenvalue weighted by atomic mass is 10.2. The zero-order valence-corrected chi connectivity index (χ0v) is 38.6. The molecule has 0 aliphatic rings. The van der Waals surface area contributed by atoms with Gasteiger partial charge in [0.15, 0.2) is 0 Å². The van der Waals surface area contributed by atoms with E-state index < -0.39 is 20.7 Å². The summed E-state index contributed by atoms with van der Waals surface area (Å²) in [4.78, 5) is 2.09. The molecule has 0 atom stereocenters. The first kappa shape index (κ1) is 45.4. The molecule has 0 amide bonds. The van der Waals surface area contributed by atoms with Crippen LogP contribution in [0.15, 0.2) is 218 Å². The summed E-state index contributed by atoms with van der Waals surface area (Å²) in [6.07, 6.45) is 14.3. The average molecular weight is 948 g/mol. The van der Waals surface area contributed by atoms with Gasteiger partial charge in [0.1, 0.15) is 34.9 Å². The standard InChI is InChI=1S/C57H42F6NP3/c1-65(49-22-4-40(58)5-23-49,50-24-6-41(59)7-25-50)55-34-16-46(17-35-55)64(47-18-36-56(37-19-47)66(2,51-26-8-42(60)9-27-51)52-28-10-43(61)11-29-52)48-20-38-57(39-21-48)67(3,53-30-12-44(62)13-31-53)54-32-14-45(63)15-33-54/h4-39H,1-3H2. The van der Waals surface area contributed by atoms with E-state index in [9.17, 15) is 26.3 Å². The van der Waals surface area contributed by atoms with E-state index >= 15 is 0 Å². The molecule has 0 radical (unpaired) electrons. The minimum atomic E-state index is -2.64. The van der Waals surface area contributed by atoms with Crippen molar-refractivity contribution in [3.8, 4) is 0 Å². The number of hydrogen-bond acceptors (Lipinski definition) is 1. The third-order valence-electron chi connectivity index (χ3n) is 12.3. The van der Waals surface area contributed by atoms with Crippen molar-refractivity contribution < 1.29 is 26.3 Å². The van der Waals surface area contributed by atoms with Crippen molar-refractivity contribution in [2.75, 3.05) is 4.90 Å². The van der Waals surface area contributed by atoms with Gasteiger partial charge >= 0.3 is 0 Å². The Labute approximate surface area is 387 Å². The van der Waals surface area contributed by atoms with Gasteiger partial charge in [0.2, 0.25) is 0 Å². The fraction of sp³-hybridized carbons (Fsp3) is 0. The smallest absolute Gasteiger partial charge is 0.123 e. The van der Waals surface area contributed by atoms with Gasteiger partial charge in [0, 0.05) is 17.1 Å². The molecule has 0 saturated heterocycles. The normalized spacial score (nSPS) is 11.9. The van der Waals surface area contributed by atoms with Crippen LogP contribution in [0.2, 0.25) is 0 Å². The average Bonchev–Trinajstić information content (AvgIpc) is 3.35. The van der Waals surface area contributed by atoms with E-state index in [1.165, 1.54) is 72.8 Å². The lowest BCUT2D eigenvalue weighted by Gasteiger charge is -2.31. The highest BCUT2D eigenvalue weighted by Gasteiger charge is 2.27. The monoisotopic (exact) mass is 947 g/mol. The summed E-state index contributed by atoms with van der Waals surface area (Å²) in [6, 6.07) is 61.7. The van der Waals surface area contributed by atoms with E-state index in [0.29, 0.717) is 0 Å². The number of benzene rings is 9. The minimum absolute atomic E-state index is 0.375. The first-order valence-electron chi connectivity index (χ1n) is 21.2. The zero-order chi connectivity index (χ0) is 46.9. The lowest BCUT2D eigenvalue weighted by Crippen LogP contribution is -2.26. The quantitative estimate of drug-likeness (QED) is 0.0871. The van der Waals surface area contributed by atoms with Crippen molar-refractivity contribution in [3.63, 3.8) is 0 Å². The first-order valence-corrected chi connectivity index (χ1v) is 27.1. The topological polar surface area (TPSA) is 3.24 Å². The number of anilines is 3. The van der Waals surface area contributed by atoms with E-state index in [2.05, 4.69) is 4.90 Å². The van der Waals surface area contributed by atoms with Crippen LogP contribution < -0.4 is 52.6 Å². The molecule has 10 heteroatoms. The summed E-state index contributed by atoms with van der Waals surface area (Å²) in [6.45, 7) is -7.93. The highest BCUT2D eigenvalue weighted by Crippen LogP contribution is 2.46. The predicted octanol–water partition coefficient (Wildman–Crippen LogP) is 11.2. The van der Waals surface area contributed by atoms with Crippen molar-refractivity contribution >= 4 is 104 Å². The van der Waals surface area contributed by atoms with Gasteiger partial charge < -0.3 is 4.90 Å². The molecule has 0 bridgehead atoms. The highest BCUT2D eigenvalue weighted by molar-refractivity contribution is 7.94. The molecular weight excluding hydrogens is 906 g/mol. The Morgan fingerprint density at radius 3 is 0.463 bits per heavy atom. The maximum absolute atomic E-state index is 14.3. The largest absolute Gasteiger partial charge is 0.311 e. The zero-order valence-electron chi connectivity index (χ0n) is 36.0. The van der Waals surface area contributed by atoms with E-state index in [1.807, 2.05) is 72.8 Å². The van der Waals surface area contributed by atoms with Crippen molar-refractivity contribution in [3.05, 3.63) is 253 Å². The van der Waals surface area contributed by atoms with Gasteiger partial charge in [-0.1, -0.05) is 128 Å². The second kappa shape index (κ2) is 18.5. The van der Waals surface area contributed by atoms with Crippen LogP contribution in [0.4, 0.5) is 43.4 Å². The van der Waals surface area contributed by atoms with Crippen molar-refractivity contribution in [2.24, 2.45) is 0 Å². The van der Waals surface area contributed by atoms with Crippen molar-refractivity contribution in [1.82, 2.24) is 0 Å². The summed E-state index contributed by atoms with van der Waals surface area (Å²) < 4.78 is 85.6. The van der Waals surface area contributed by atoms with E-state index in [0.717, 1.165) is 64.8 Å². The third kappa shape index (κ3) is 8.72. The van der Waals surface area contributed by atoms with Crippen LogP contribution >= 0.6 is 20.7 Å². The molecule has 9 rings (SSSR count). The number of nitrogens with zero attached hydrogens (tertiary/aromatic N) is 1. The summed E-state index contributed by atoms with van der Waals surface area (Å²) >= 11 is 0. The second-order valence-electron chi connectivity index (χ2n) is 16.2. The molecule has 0 aliphatic carbocycles. The fourth-order valence-electron chi connectivity index (χ4n) is 8.53. The van der Waals surface area contributed by atoms with Gasteiger partial charge in [0.25, 0.3) is 0 Å². The van der Waals surface area contributed by atoms with Crippen molar-refractivity contribution in [2.45, 2.75) is 0 Å². The Morgan fingerprint density at radius 1 is 0.209 bits per heavy atom. The highest BCUT2D eigenvalue weighted by atomic mass is 31.2. The molecule has 0 heterocycles. The SMILES string of the molecule is C=P(c1ccc(F)cc1)(c1ccc(F)cc1)c1ccc(N(c2ccc(P(=C)(c3ccc(F)cc3)c3ccc(F)cc3)cc2)c2ccc(P(=C)(c3ccc(F)cc3)c3ccc(F)cc3)cc2)cc1. The molecule has 0 unspecified atom stereocenters. The predicted molar refractivity (Wildman–Crippen MR) is 278 cm³/mol.